The molecule has 2 fully saturated rings. The summed E-state index contributed by atoms with van der Waals surface area (Å²) in [6, 6.07) is 9.40. The van der Waals surface area contributed by atoms with Crippen molar-refractivity contribution in [2.45, 2.75) is 35.9 Å². The third-order valence-electron chi connectivity index (χ3n) is 5.62. The molecule has 33 heavy (non-hydrogen) atoms. The van der Waals surface area contributed by atoms with Gasteiger partial charge in [0.05, 0.1) is 17.6 Å². The lowest BCUT2D eigenvalue weighted by atomic mass is 10.1. The molecule has 2 aromatic carbocycles. The Balaban J connectivity index is 1.43. The van der Waals surface area contributed by atoms with Gasteiger partial charge >= 0.3 is 0 Å². The van der Waals surface area contributed by atoms with Gasteiger partial charge < -0.3 is 20.1 Å². The zero-order chi connectivity index (χ0) is 23.6. The van der Waals surface area contributed by atoms with Crippen LogP contribution in [0.2, 0.25) is 0 Å². The van der Waals surface area contributed by atoms with Crippen molar-refractivity contribution >= 4 is 27.5 Å². The van der Waals surface area contributed by atoms with Gasteiger partial charge in [0.25, 0.3) is 5.91 Å². The third kappa shape index (κ3) is 5.38. The summed E-state index contributed by atoms with van der Waals surface area (Å²) in [5.74, 6) is -1.49. The van der Waals surface area contributed by atoms with Crippen molar-refractivity contribution < 1.29 is 32.2 Å². The van der Waals surface area contributed by atoms with Gasteiger partial charge in [0.15, 0.2) is 0 Å². The van der Waals surface area contributed by atoms with Crippen LogP contribution in [-0.2, 0) is 19.6 Å². The zero-order valence-electron chi connectivity index (χ0n) is 17.6. The summed E-state index contributed by atoms with van der Waals surface area (Å²) in [6.45, 7) is 0.810. The molecule has 176 valence electrons. The molecule has 3 N–H and O–H groups in total. The van der Waals surface area contributed by atoms with Gasteiger partial charge in [-0.05, 0) is 55.0 Å². The van der Waals surface area contributed by atoms with Crippen LogP contribution in [-0.4, -0.2) is 68.2 Å². The number of ether oxygens (including phenoxy) is 1. The molecule has 2 aromatic rings. The normalized spacial score (nSPS) is 23.0. The first-order chi connectivity index (χ1) is 15.7. The number of carbonyl (C=O) groups is 2. The molecule has 0 spiro atoms. The second-order valence-electron chi connectivity index (χ2n) is 8.07. The molecule has 9 nitrogen and oxygen atoms in total. The Labute approximate surface area is 190 Å². The smallest absolute Gasteiger partial charge is 0.254 e. The lowest BCUT2D eigenvalue weighted by molar-refractivity contribution is -0.119. The lowest BCUT2D eigenvalue weighted by Gasteiger charge is -2.23. The molecule has 2 aliphatic heterocycles. The number of halogens is 1. The highest BCUT2D eigenvalue weighted by molar-refractivity contribution is 7.89. The van der Waals surface area contributed by atoms with E-state index >= 15 is 0 Å². The molecule has 0 unspecified atom stereocenters. The van der Waals surface area contributed by atoms with E-state index in [1.165, 1.54) is 41.3 Å². The fraction of sp³-hybridized carbons (Fsp3) is 0.364. The van der Waals surface area contributed by atoms with Crippen molar-refractivity contribution in [1.82, 2.24) is 9.62 Å². The van der Waals surface area contributed by atoms with Gasteiger partial charge in [0.1, 0.15) is 11.9 Å². The van der Waals surface area contributed by atoms with Crippen LogP contribution in [0.15, 0.2) is 53.4 Å². The molecule has 4 rings (SSSR count). The Bertz CT molecular complexity index is 1120. The standard InChI is InChI=1S/C22H24FN3O6S/c23-15-3-1-14(2-4-15)22(29)26-12-18(27)11-20(26)21(28)24-16-5-7-19(8-6-16)33(30,31)25-17-9-10-32-13-17/h1-8,17-18,20,25,27H,9-13H2,(H,24,28)/t17-,18+,20+/m1/s1. The maximum atomic E-state index is 13.2. The fourth-order valence-electron chi connectivity index (χ4n) is 3.90. The second-order valence-corrected chi connectivity index (χ2v) is 9.78. The van der Waals surface area contributed by atoms with E-state index in [0.29, 0.717) is 25.3 Å². The number of aliphatic hydroxyl groups is 1. The highest BCUT2D eigenvalue weighted by atomic mass is 32.2. The summed E-state index contributed by atoms with van der Waals surface area (Å²) in [7, 11) is -3.72. The number of hydrogen-bond donors (Lipinski definition) is 3. The van der Waals surface area contributed by atoms with Crippen LogP contribution >= 0.6 is 0 Å². The minimum absolute atomic E-state index is 0.0258. The van der Waals surface area contributed by atoms with E-state index in [0.717, 1.165) is 12.1 Å². The summed E-state index contributed by atoms with van der Waals surface area (Å²) in [5, 5.41) is 12.7. The average molecular weight is 478 g/mol. The molecular weight excluding hydrogens is 453 g/mol. The number of nitrogens with zero attached hydrogens (tertiary/aromatic N) is 1. The number of sulfonamides is 1. The van der Waals surface area contributed by atoms with Crippen molar-refractivity contribution in [2.24, 2.45) is 0 Å². The van der Waals surface area contributed by atoms with E-state index in [1.54, 1.807) is 0 Å². The lowest BCUT2D eigenvalue weighted by Crippen LogP contribution is -2.43. The van der Waals surface area contributed by atoms with Crippen molar-refractivity contribution in [2.75, 3.05) is 25.1 Å². The van der Waals surface area contributed by atoms with Crippen LogP contribution in [0, 0.1) is 5.82 Å². The Morgan fingerprint density at radius 2 is 1.79 bits per heavy atom. The molecule has 0 aromatic heterocycles. The van der Waals surface area contributed by atoms with Crippen molar-refractivity contribution in [1.29, 1.82) is 0 Å². The van der Waals surface area contributed by atoms with Gasteiger partial charge in [-0.25, -0.2) is 17.5 Å². The maximum absolute atomic E-state index is 13.2. The molecule has 0 aliphatic carbocycles. The number of nitrogens with one attached hydrogen (secondary N) is 2. The number of anilines is 1. The Morgan fingerprint density at radius 1 is 1.09 bits per heavy atom. The maximum Gasteiger partial charge on any atom is 0.254 e. The Hall–Kier alpha value is -2.86. The van der Waals surface area contributed by atoms with Crippen LogP contribution in [0.1, 0.15) is 23.2 Å². The number of hydrogen-bond acceptors (Lipinski definition) is 6. The van der Waals surface area contributed by atoms with Gasteiger partial charge in [-0.2, -0.15) is 0 Å². The number of benzene rings is 2. The van der Waals surface area contributed by atoms with E-state index in [4.69, 9.17) is 4.74 Å². The number of likely N-dealkylation sites (tertiary alicyclic amines) is 1. The number of amides is 2. The zero-order valence-corrected chi connectivity index (χ0v) is 18.4. The molecule has 2 amide bonds. The predicted molar refractivity (Wildman–Crippen MR) is 116 cm³/mol. The number of carbonyl (C=O) groups excluding carboxylic acids is 2. The van der Waals surface area contributed by atoms with Gasteiger partial charge in [-0.3, -0.25) is 9.59 Å². The van der Waals surface area contributed by atoms with E-state index in [-0.39, 0.29) is 29.5 Å². The first-order valence-corrected chi connectivity index (χ1v) is 12.0. The van der Waals surface area contributed by atoms with Crippen molar-refractivity contribution in [3.8, 4) is 0 Å². The van der Waals surface area contributed by atoms with Gasteiger partial charge in [0.2, 0.25) is 15.9 Å². The molecule has 0 bridgehead atoms. The summed E-state index contributed by atoms with van der Waals surface area (Å²) < 4.78 is 45.9. The highest BCUT2D eigenvalue weighted by Gasteiger charge is 2.39. The van der Waals surface area contributed by atoms with E-state index in [1.807, 2.05) is 0 Å². The molecule has 0 radical (unpaired) electrons. The molecule has 2 heterocycles. The summed E-state index contributed by atoms with van der Waals surface area (Å²) >= 11 is 0. The van der Waals surface area contributed by atoms with Gasteiger partial charge in [0, 0.05) is 36.9 Å². The minimum Gasteiger partial charge on any atom is -0.391 e. The van der Waals surface area contributed by atoms with Crippen molar-refractivity contribution in [3.63, 3.8) is 0 Å². The topological polar surface area (TPSA) is 125 Å². The van der Waals surface area contributed by atoms with Crippen LogP contribution in [0.25, 0.3) is 0 Å². The Morgan fingerprint density at radius 3 is 2.42 bits per heavy atom. The molecule has 2 saturated heterocycles. The fourth-order valence-corrected chi connectivity index (χ4v) is 5.16. The average Bonchev–Trinajstić information content (AvgIpc) is 3.43. The largest absolute Gasteiger partial charge is 0.391 e. The summed E-state index contributed by atoms with van der Waals surface area (Å²) in [4.78, 5) is 27.0. The van der Waals surface area contributed by atoms with E-state index in [2.05, 4.69) is 10.0 Å². The van der Waals surface area contributed by atoms with E-state index < -0.39 is 39.8 Å². The van der Waals surface area contributed by atoms with Crippen LogP contribution < -0.4 is 10.0 Å². The number of aliphatic hydroxyl groups excluding tert-OH is 1. The molecule has 11 heteroatoms. The summed E-state index contributed by atoms with van der Waals surface area (Å²) in [5.41, 5.74) is 0.553. The third-order valence-corrected chi connectivity index (χ3v) is 7.15. The van der Waals surface area contributed by atoms with Gasteiger partial charge in [-0.1, -0.05) is 0 Å². The van der Waals surface area contributed by atoms with Crippen molar-refractivity contribution in [3.05, 3.63) is 59.9 Å². The van der Waals surface area contributed by atoms with E-state index in [9.17, 15) is 27.5 Å². The molecule has 3 atom stereocenters. The SMILES string of the molecule is O=C(Nc1ccc(S(=O)(=O)N[C@@H]2CCOC2)cc1)[C@@H]1C[C@H](O)CN1C(=O)c1ccc(F)cc1. The Kier molecular flexibility index (Phi) is 6.75. The monoisotopic (exact) mass is 477 g/mol. The van der Waals surface area contributed by atoms with Crippen LogP contribution in [0.4, 0.5) is 10.1 Å². The quantitative estimate of drug-likeness (QED) is 0.573. The second kappa shape index (κ2) is 9.56. The summed E-state index contributed by atoms with van der Waals surface area (Å²) in [6.07, 6.45) is -0.213. The predicted octanol–water partition coefficient (Wildman–Crippen LogP) is 1.11. The van der Waals surface area contributed by atoms with Crippen LogP contribution in [0.5, 0.6) is 0 Å². The number of β-amino-alcohol motifs (C(OH)–C–C–N with tert-alkyl or cyclic N) is 1. The highest BCUT2D eigenvalue weighted by Crippen LogP contribution is 2.23. The number of rotatable bonds is 6. The van der Waals surface area contributed by atoms with Crippen LogP contribution in [0.3, 0.4) is 0 Å². The molecular formula is C22H24FN3O6S. The molecule has 2 aliphatic rings. The first-order valence-electron chi connectivity index (χ1n) is 10.5. The first kappa shape index (κ1) is 23.3. The van der Waals surface area contributed by atoms with Gasteiger partial charge in [-0.15, -0.1) is 0 Å². The molecule has 0 saturated carbocycles. The minimum atomic E-state index is -3.72.